The Hall–Kier alpha value is -2.33. The van der Waals surface area contributed by atoms with Crippen LogP contribution in [-0.2, 0) is 13.0 Å². The molecule has 26 heavy (non-hydrogen) atoms. The van der Waals surface area contributed by atoms with Crippen LogP contribution in [0.15, 0.2) is 47.5 Å². The third-order valence-electron chi connectivity index (χ3n) is 5.19. The van der Waals surface area contributed by atoms with Gasteiger partial charge in [0.2, 0.25) is 0 Å². The SMILES string of the molecule is COc1ccc(CN2C=c3ccc(CC(C)(O)C(C)C)cc3=NC2)cc1. The minimum Gasteiger partial charge on any atom is -0.497 e. The first kappa shape index (κ1) is 18.5. The van der Waals surface area contributed by atoms with Gasteiger partial charge in [-0.3, -0.25) is 4.99 Å². The summed E-state index contributed by atoms with van der Waals surface area (Å²) in [5, 5.41) is 12.7. The van der Waals surface area contributed by atoms with Crippen LogP contribution in [0.2, 0.25) is 0 Å². The highest BCUT2D eigenvalue weighted by Gasteiger charge is 2.25. The highest BCUT2D eigenvalue weighted by Crippen LogP contribution is 2.20. The molecule has 1 heterocycles. The standard InChI is InChI=1S/C22H28N2O2/c1-16(2)22(3,25)12-18-5-8-19-14-24(15-23-21(19)11-18)13-17-6-9-20(26-4)10-7-17/h5-11,14,16,25H,12-13,15H2,1-4H3. The van der Waals surface area contributed by atoms with Crippen molar-refractivity contribution in [2.24, 2.45) is 10.9 Å². The molecule has 0 radical (unpaired) electrons. The highest BCUT2D eigenvalue weighted by atomic mass is 16.5. The lowest BCUT2D eigenvalue weighted by Crippen LogP contribution is -2.37. The van der Waals surface area contributed by atoms with E-state index >= 15 is 0 Å². The Labute approximate surface area is 155 Å². The molecule has 0 bridgehead atoms. The van der Waals surface area contributed by atoms with E-state index in [9.17, 15) is 5.11 Å². The molecular weight excluding hydrogens is 324 g/mol. The molecule has 4 nitrogen and oxygen atoms in total. The summed E-state index contributed by atoms with van der Waals surface area (Å²) in [5.74, 6) is 1.08. The lowest BCUT2D eigenvalue weighted by molar-refractivity contribution is 0.0139. The van der Waals surface area contributed by atoms with Crippen LogP contribution >= 0.6 is 0 Å². The van der Waals surface area contributed by atoms with E-state index in [1.807, 2.05) is 32.9 Å². The second-order valence-electron chi connectivity index (χ2n) is 7.61. The molecule has 1 aliphatic rings. The molecule has 0 spiro atoms. The number of fused-ring (bicyclic) bond motifs is 1. The number of nitrogens with zero attached hydrogens (tertiary/aromatic N) is 2. The van der Waals surface area contributed by atoms with E-state index in [1.165, 1.54) is 5.56 Å². The van der Waals surface area contributed by atoms with Crippen molar-refractivity contribution in [2.75, 3.05) is 13.8 Å². The zero-order chi connectivity index (χ0) is 18.7. The van der Waals surface area contributed by atoms with E-state index in [1.54, 1.807) is 7.11 Å². The zero-order valence-corrected chi connectivity index (χ0v) is 16.1. The van der Waals surface area contributed by atoms with Gasteiger partial charge in [-0.25, -0.2) is 0 Å². The van der Waals surface area contributed by atoms with Crippen LogP contribution < -0.4 is 15.3 Å². The van der Waals surface area contributed by atoms with Gasteiger partial charge in [0.15, 0.2) is 0 Å². The fourth-order valence-electron chi connectivity index (χ4n) is 3.03. The Bertz CT molecular complexity index is 870. The predicted octanol–water partition coefficient (Wildman–Crippen LogP) is 2.48. The average Bonchev–Trinajstić information content (AvgIpc) is 2.62. The Morgan fingerprint density at radius 2 is 1.85 bits per heavy atom. The van der Waals surface area contributed by atoms with Gasteiger partial charge in [0.05, 0.1) is 18.1 Å². The molecule has 1 unspecified atom stereocenters. The van der Waals surface area contributed by atoms with E-state index < -0.39 is 5.60 Å². The highest BCUT2D eigenvalue weighted by molar-refractivity contribution is 5.31. The van der Waals surface area contributed by atoms with Crippen LogP contribution in [0, 0.1) is 5.92 Å². The van der Waals surface area contributed by atoms with Gasteiger partial charge in [0.25, 0.3) is 0 Å². The van der Waals surface area contributed by atoms with Gasteiger partial charge in [-0.1, -0.05) is 38.1 Å². The summed E-state index contributed by atoms with van der Waals surface area (Å²) < 4.78 is 5.21. The number of ether oxygens (including phenoxy) is 1. The maximum atomic E-state index is 10.5. The average molecular weight is 352 g/mol. The fraction of sp³-hybridized carbons (Fsp3) is 0.409. The number of hydrogen-bond acceptors (Lipinski definition) is 4. The van der Waals surface area contributed by atoms with Crippen LogP contribution in [0.1, 0.15) is 31.9 Å². The third-order valence-corrected chi connectivity index (χ3v) is 5.19. The third kappa shape index (κ3) is 4.25. The van der Waals surface area contributed by atoms with Gasteiger partial charge >= 0.3 is 0 Å². The van der Waals surface area contributed by atoms with Crippen LogP contribution in [0.4, 0.5) is 0 Å². The van der Waals surface area contributed by atoms with E-state index in [0.29, 0.717) is 13.1 Å². The molecule has 0 saturated heterocycles. The smallest absolute Gasteiger partial charge is 0.118 e. The predicted molar refractivity (Wildman–Crippen MR) is 104 cm³/mol. The number of benzene rings is 2. The van der Waals surface area contributed by atoms with Gasteiger partial charge in [-0.05, 0) is 42.2 Å². The number of hydrogen-bond donors (Lipinski definition) is 1. The van der Waals surface area contributed by atoms with Gasteiger partial charge in [-0.15, -0.1) is 0 Å². The van der Waals surface area contributed by atoms with Crippen LogP contribution in [0.3, 0.4) is 0 Å². The molecule has 2 aromatic carbocycles. The first-order chi connectivity index (χ1) is 12.4. The summed E-state index contributed by atoms with van der Waals surface area (Å²) in [7, 11) is 1.68. The van der Waals surface area contributed by atoms with E-state index in [-0.39, 0.29) is 5.92 Å². The summed E-state index contributed by atoms with van der Waals surface area (Å²) in [6, 6.07) is 14.4. The molecule has 3 rings (SSSR count). The fourth-order valence-corrected chi connectivity index (χ4v) is 3.03. The van der Waals surface area contributed by atoms with Crippen molar-refractivity contribution in [1.82, 2.24) is 4.90 Å². The van der Waals surface area contributed by atoms with Crippen LogP contribution in [-0.4, -0.2) is 29.4 Å². The quantitative estimate of drug-likeness (QED) is 0.869. The summed E-state index contributed by atoms with van der Waals surface area (Å²) in [6.07, 6.45) is 2.81. The second-order valence-corrected chi connectivity index (χ2v) is 7.61. The normalized spacial score (nSPS) is 15.7. The van der Waals surface area contributed by atoms with Gasteiger partial charge in [0.1, 0.15) is 12.4 Å². The molecule has 0 aliphatic carbocycles. The van der Waals surface area contributed by atoms with Crippen molar-refractivity contribution in [3.63, 3.8) is 0 Å². The number of methoxy groups -OCH3 is 1. The summed E-state index contributed by atoms with van der Waals surface area (Å²) in [6.45, 7) is 7.46. The maximum absolute atomic E-state index is 10.5. The van der Waals surface area contributed by atoms with E-state index in [0.717, 1.165) is 28.4 Å². The number of rotatable bonds is 6. The van der Waals surface area contributed by atoms with Crippen LogP contribution in [0.5, 0.6) is 5.75 Å². The molecule has 0 fully saturated rings. The molecule has 1 N–H and O–H groups in total. The van der Waals surface area contributed by atoms with Gasteiger partial charge < -0.3 is 14.7 Å². The van der Waals surface area contributed by atoms with Crippen molar-refractivity contribution in [1.29, 1.82) is 0 Å². The maximum Gasteiger partial charge on any atom is 0.118 e. The molecule has 2 aromatic rings. The Morgan fingerprint density at radius 1 is 1.15 bits per heavy atom. The first-order valence-electron chi connectivity index (χ1n) is 9.12. The molecule has 1 atom stereocenters. The van der Waals surface area contributed by atoms with Crippen molar-refractivity contribution in [3.8, 4) is 5.75 Å². The van der Waals surface area contributed by atoms with Crippen molar-refractivity contribution in [2.45, 2.75) is 39.3 Å². The summed E-state index contributed by atoms with van der Waals surface area (Å²) in [4.78, 5) is 6.93. The van der Waals surface area contributed by atoms with Crippen molar-refractivity contribution >= 4 is 6.20 Å². The van der Waals surface area contributed by atoms with Crippen LogP contribution in [0.25, 0.3) is 6.20 Å². The van der Waals surface area contributed by atoms with Gasteiger partial charge in [-0.2, -0.15) is 0 Å². The molecule has 0 amide bonds. The van der Waals surface area contributed by atoms with E-state index in [4.69, 9.17) is 9.73 Å². The zero-order valence-electron chi connectivity index (χ0n) is 16.1. The Kier molecular flexibility index (Phi) is 5.33. The minimum absolute atomic E-state index is 0.210. The van der Waals surface area contributed by atoms with Crippen molar-refractivity contribution < 1.29 is 9.84 Å². The second kappa shape index (κ2) is 7.50. The lowest BCUT2D eigenvalue weighted by Gasteiger charge is -2.28. The Balaban J connectivity index is 1.75. The summed E-state index contributed by atoms with van der Waals surface area (Å²) in [5.41, 5.74) is 1.65. The first-order valence-corrected chi connectivity index (χ1v) is 9.12. The molecule has 4 heteroatoms. The molecule has 138 valence electrons. The molecular formula is C22H28N2O2. The largest absolute Gasteiger partial charge is 0.497 e. The van der Waals surface area contributed by atoms with Crippen molar-refractivity contribution in [3.05, 3.63) is 64.2 Å². The Morgan fingerprint density at radius 3 is 2.50 bits per heavy atom. The number of aliphatic hydroxyl groups is 1. The molecule has 1 aliphatic heterocycles. The van der Waals surface area contributed by atoms with E-state index in [2.05, 4.69) is 41.4 Å². The monoisotopic (exact) mass is 352 g/mol. The summed E-state index contributed by atoms with van der Waals surface area (Å²) >= 11 is 0. The molecule has 0 aromatic heterocycles. The van der Waals surface area contributed by atoms with Gasteiger partial charge in [0, 0.05) is 24.4 Å². The minimum atomic E-state index is -0.701. The molecule has 0 saturated carbocycles. The topological polar surface area (TPSA) is 45.1 Å². The lowest BCUT2D eigenvalue weighted by atomic mass is 9.86.